The predicted octanol–water partition coefficient (Wildman–Crippen LogP) is 2.05. The largest absolute Gasteiger partial charge is 0.454 e. The Hall–Kier alpha value is -3.22. The van der Waals surface area contributed by atoms with E-state index < -0.39 is 0 Å². The highest BCUT2D eigenvalue weighted by molar-refractivity contribution is 5.81. The van der Waals surface area contributed by atoms with Gasteiger partial charge in [0, 0.05) is 31.6 Å². The fourth-order valence-electron chi connectivity index (χ4n) is 3.78. The number of esters is 1. The smallest absolute Gasteiger partial charge is 0.328 e. The molecule has 0 radical (unpaired) electrons. The molecule has 2 aliphatic heterocycles. The molecule has 5 rings (SSSR count). The summed E-state index contributed by atoms with van der Waals surface area (Å²) in [5, 5.41) is 0. The summed E-state index contributed by atoms with van der Waals surface area (Å²) in [6.45, 7) is 0.162. The van der Waals surface area contributed by atoms with Crippen molar-refractivity contribution in [3.05, 3.63) is 51.9 Å². The van der Waals surface area contributed by atoms with Crippen LogP contribution in [0.3, 0.4) is 0 Å². The zero-order valence-corrected chi connectivity index (χ0v) is 14.3. The highest BCUT2D eigenvalue weighted by Crippen LogP contribution is 2.46. The van der Waals surface area contributed by atoms with Crippen molar-refractivity contribution < 1.29 is 19.0 Å². The van der Waals surface area contributed by atoms with Crippen molar-refractivity contribution in [3.8, 4) is 17.2 Å². The van der Waals surface area contributed by atoms with E-state index >= 15 is 0 Å². The fourth-order valence-corrected chi connectivity index (χ4v) is 3.78. The third-order valence-corrected chi connectivity index (χ3v) is 5.17. The molecule has 3 heterocycles. The lowest BCUT2D eigenvalue weighted by Crippen LogP contribution is -2.21. The number of ether oxygens (including phenoxy) is 3. The zero-order chi connectivity index (χ0) is 18.0. The maximum atomic E-state index is 12.2. The second-order valence-electron chi connectivity index (χ2n) is 6.62. The van der Waals surface area contributed by atoms with Crippen molar-refractivity contribution in [2.45, 2.75) is 12.3 Å². The minimum Gasteiger partial charge on any atom is -0.454 e. The SMILES string of the molecule is Cn1c(=O)n(C)c2cc([C@@H]3CC(=O)Oc4cc5c(cc43)OCO5)ccc21. The molecule has 0 saturated carbocycles. The van der Waals surface area contributed by atoms with E-state index in [1.54, 1.807) is 29.3 Å². The van der Waals surface area contributed by atoms with Crippen LogP contribution in [-0.4, -0.2) is 21.9 Å². The van der Waals surface area contributed by atoms with Crippen molar-refractivity contribution in [2.24, 2.45) is 14.1 Å². The highest BCUT2D eigenvalue weighted by Gasteiger charge is 2.32. The van der Waals surface area contributed by atoms with Crippen LogP contribution in [-0.2, 0) is 18.9 Å². The molecule has 26 heavy (non-hydrogen) atoms. The quantitative estimate of drug-likeness (QED) is 0.495. The van der Waals surface area contributed by atoms with Crippen LogP contribution < -0.4 is 19.9 Å². The Kier molecular flexibility index (Phi) is 2.98. The second-order valence-corrected chi connectivity index (χ2v) is 6.62. The average molecular weight is 352 g/mol. The number of carbonyl (C=O) groups excluding carboxylic acids is 1. The molecule has 2 aromatic carbocycles. The first-order valence-electron chi connectivity index (χ1n) is 8.32. The Morgan fingerprint density at radius 3 is 2.46 bits per heavy atom. The standard InChI is InChI=1S/C19H16N2O5/c1-20-13-4-3-10(5-14(13)21(2)19(20)23)11-7-18(22)26-15-8-17-16(6-12(11)15)24-9-25-17/h3-6,8,11H,7,9H2,1-2H3/t11-/m0/s1. The van der Waals surface area contributed by atoms with E-state index in [-0.39, 0.29) is 30.8 Å². The Morgan fingerprint density at radius 1 is 0.923 bits per heavy atom. The minimum atomic E-state index is -0.289. The van der Waals surface area contributed by atoms with Gasteiger partial charge in [0.1, 0.15) is 5.75 Å². The van der Waals surface area contributed by atoms with Crippen molar-refractivity contribution in [2.75, 3.05) is 6.79 Å². The molecule has 0 amide bonds. The summed E-state index contributed by atoms with van der Waals surface area (Å²) in [6, 6.07) is 9.42. The van der Waals surface area contributed by atoms with Gasteiger partial charge in [-0.15, -0.1) is 0 Å². The Balaban J connectivity index is 1.69. The Bertz CT molecular complexity index is 1140. The van der Waals surface area contributed by atoms with E-state index in [2.05, 4.69) is 0 Å². The normalized spacial score (nSPS) is 18.1. The summed E-state index contributed by atoms with van der Waals surface area (Å²) in [5.41, 5.74) is 3.44. The number of benzene rings is 2. The van der Waals surface area contributed by atoms with Gasteiger partial charge in [-0.2, -0.15) is 0 Å². The molecule has 0 bridgehead atoms. The molecule has 132 valence electrons. The van der Waals surface area contributed by atoms with Gasteiger partial charge < -0.3 is 14.2 Å². The lowest BCUT2D eigenvalue weighted by atomic mass is 9.86. The number of rotatable bonds is 1. The molecule has 0 spiro atoms. The predicted molar refractivity (Wildman–Crippen MR) is 92.8 cm³/mol. The first kappa shape index (κ1) is 15.1. The summed E-state index contributed by atoms with van der Waals surface area (Å²) < 4.78 is 19.5. The number of hydrogen-bond donors (Lipinski definition) is 0. The van der Waals surface area contributed by atoms with Crippen molar-refractivity contribution in [3.63, 3.8) is 0 Å². The zero-order valence-electron chi connectivity index (χ0n) is 14.3. The van der Waals surface area contributed by atoms with Gasteiger partial charge in [-0.05, 0) is 23.8 Å². The molecule has 1 atom stereocenters. The summed E-state index contributed by atoms with van der Waals surface area (Å²) in [6.07, 6.45) is 0.235. The van der Waals surface area contributed by atoms with Crippen LogP contribution in [0.2, 0.25) is 0 Å². The van der Waals surface area contributed by atoms with E-state index in [9.17, 15) is 9.59 Å². The van der Waals surface area contributed by atoms with E-state index in [4.69, 9.17) is 14.2 Å². The van der Waals surface area contributed by atoms with E-state index in [1.807, 2.05) is 24.3 Å². The summed E-state index contributed by atoms with van der Waals surface area (Å²) in [7, 11) is 3.49. The van der Waals surface area contributed by atoms with Gasteiger partial charge in [0.15, 0.2) is 11.5 Å². The molecule has 0 aliphatic carbocycles. The second kappa shape index (κ2) is 5.14. The first-order valence-corrected chi connectivity index (χ1v) is 8.32. The Morgan fingerprint density at radius 2 is 1.65 bits per heavy atom. The number of hydrogen-bond acceptors (Lipinski definition) is 5. The molecule has 0 saturated heterocycles. The van der Waals surface area contributed by atoms with Crippen LogP contribution >= 0.6 is 0 Å². The molecule has 7 heteroatoms. The van der Waals surface area contributed by atoms with Crippen LogP contribution in [0.5, 0.6) is 17.2 Å². The van der Waals surface area contributed by atoms with Gasteiger partial charge in [-0.3, -0.25) is 13.9 Å². The average Bonchev–Trinajstić information content (AvgIpc) is 3.18. The third-order valence-electron chi connectivity index (χ3n) is 5.17. The fraction of sp³-hybridized carbons (Fsp3) is 0.263. The van der Waals surface area contributed by atoms with E-state index in [0.29, 0.717) is 17.2 Å². The molecule has 2 aliphatic rings. The number of aryl methyl sites for hydroxylation is 2. The molecule has 1 aromatic heterocycles. The van der Waals surface area contributed by atoms with Crippen LogP contribution in [0.4, 0.5) is 0 Å². The van der Waals surface area contributed by atoms with Gasteiger partial charge in [0.05, 0.1) is 17.5 Å². The molecule has 7 nitrogen and oxygen atoms in total. The van der Waals surface area contributed by atoms with Crippen LogP contribution in [0, 0.1) is 0 Å². The number of imidazole rings is 1. The topological polar surface area (TPSA) is 71.7 Å². The lowest BCUT2D eigenvalue weighted by Gasteiger charge is -2.25. The van der Waals surface area contributed by atoms with Crippen LogP contribution in [0.15, 0.2) is 35.1 Å². The summed E-state index contributed by atoms with van der Waals surface area (Å²) in [4.78, 5) is 24.3. The number of aromatic nitrogens is 2. The number of nitrogens with zero attached hydrogens (tertiary/aromatic N) is 2. The molecular formula is C19H16N2O5. The first-order chi connectivity index (χ1) is 12.5. The maximum absolute atomic E-state index is 12.2. The summed E-state index contributed by atoms with van der Waals surface area (Å²) >= 11 is 0. The van der Waals surface area contributed by atoms with Gasteiger partial charge in [0.25, 0.3) is 0 Å². The monoisotopic (exact) mass is 352 g/mol. The van der Waals surface area contributed by atoms with Crippen LogP contribution in [0.1, 0.15) is 23.5 Å². The Labute approximate surface area is 148 Å². The van der Waals surface area contributed by atoms with Gasteiger partial charge in [0.2, 0.25) is 6.79 Å². The molecule has 0 N–H and O–H groups in total. The number of fused-ring (bicyclic) bond motifs is 3. The van der Waals surface area contributed by atoms with Gasteiger partial charge >= 0.3 is 11.7 Å². The highest BCUT2D eigenvalue weighted by atomic mass is 16.7. The van der Waals surface area contributed by atoms with Gasteiger partial charge in [-0.25, -0.2) is 4.79 Å². The molecule has 0 fully saturated rings. The van der Waals surface area contributed by atoms with Crippen molar-refractivity contribution in [1.29, 1.82) is 0 Å². The van der Waals surface area contributed by atoms with Crippen molar-refractivity contribution >= 4 is 17.0 Å². The molecule has 3 aromatic rings. The van der Waals surface area contributed by atoms with E-state index in [1.165, 1.54) is 0 Å². The molecular weight excluding hydrogens is 336 g/mol. The molecule has 0 unspecified atom stereocenters. The van der Waals surface area contributed by atoms with Crippen molar-refractivity contribution in [1.82, 2.24) is 9.13 Å². The summed E-state index contributed by atoms with van der Waals surface area (Å²) in [5.74, 6) is 1.28. The van der Waals surface area contributed by atoms with Crippen LogP contribution in [0.25, 0.3) is 11.0 Å². The third kappa shape index (κ3) is 2.00. The van der Waals surface area contributed by atoms with E-state index in [0.717, 1.165) is 22.2 Å². The van der Waals surface area contributed by atoms with Gasteiger partial charge in [-0.1, -0.05) is 6.07 Å². The number of carbonyl (C=O) groups is 1. The minimum absolute atomic E-state index is 0.0797. The lowest BCUT2D eigenvalue weighted by molar-refractivity contribution is -0.135. The maximum Gasteiger partial charge on any atom is 0.328 e.